The largest absolute Gasteiger partial charge is 0.508 e. The van der Waals surface area contributed by atoms with E-state index in [1.807, 2.05) is 6.92 Å². The molecule has 0 saturated heterocycles. The van der Waals surface area contributed by atoms with Gasteiger partial charge in [0.1, 0.15) is 83.2 Å². The van der Waals surface area contributed by atoms with E-state index >= 15 is 0 Å². The smallest absolute Gasteiger partial charge is 0.426 e. The minimum absolute atomic E-state index is 0.00729. The number of aromatic hydroxyl groups is 1. The maximum Gasteiger partial charge on any atom is 0.426 e. The topological polar surface area (TPSA) is 648 Å². The van der Waals surface area contributed by atoms with E-state index in [9.17, 15) is 117 Å². The number of Topliss-reactive ketones (excluding diaryl/α,β-unsaturated/α-hetero) is 4. The average molecular weight is 1640 g/mol. The molecular weight excluding hydrogens is 1540 g/mol. The SMILES string of the molecule is CC(=O)CC[C@H](NC(=O)CC[C@H](NC(=O)c1ccc(NCc2cnc3nc(N)[nH]c(=O)c3n2)cc1)C(=O)O)C(=O)N[C@@H](CCC(=O)O)C(=O)N[C@@H](CCC(C)=O)C(=O)N[C@@H](CCC(C)=O)C(=O)N[C@@H](CCC(=O)O)C(=O)N[C@@H](CCC(C)=O)C(=O)N[C@@H](CSSCOC(=O)NNC(=O)[C@@H](C)C[C@@H](C)Cc1ccc(O)cc1)C(=O)O. The van der Waals surface area contributed by atoms with Crippen molar-refractivity contribution in [1.82, 2.24) is 73.3 Å². The molecule has 4 aromatic rings. The Bertz CT molecular complexity index is 4210. The van der Waals surface area contributed by atoms with Crippen molar-refractivity contribution in [2.75, 3.05) is 22.7 Å². The second-order valence-electron chi connectivity index (χ2n) is 26.7. The van der Waals surface area contributed by atoms with Gasteiger partial charge in [0.25, 0.3) is 11.5 Å². The molecule has 0 aliphatic rings. The van der Waals surface area contributed by atoms with Crippen LogP contribution in [0.3, 0.4) is 0 Å². The molecule has 2 aromatic carbocycles. The predicted octanol–water partition coefficient (Wildman–Crippen LogP) is 0.262. The van der Waals surface area contributed by atoms with E-state index in [1.165, 1.54) is 30.5 Å². The number of H-pyrrole nitrogens is 1. The van der Waals surface area contributed by atoms with Crippen LogP contribution in [0.15, 0.2) is 59.5 Å². The first kappa shape index (κ1) is 94.2. The number of ketones is 4. The van der Waals surface area contributed by atoms with E-state index in [2.05, 4.69) is 78.6 Å². The molecule has 19 N–H and O–H groups in total. The predicted molar refractivity (Wildman–Crippen MR) is 406 cm³/mol. The molecule has 41 nitrogen and oxygen atoms in total. The monoisotopic (exact) mass is 1630 g/mol. The van der Waals surface area contributed by atoms with Gasteiger partial charge in [-0.25, -0.2) is 29.8 Å². The van der Waals surface area contributed by atoms with Gasteiger partial charge in [0, 0.05) is 67.9 Å². The molecule has 4 rings (SSSR count). The fraction of sp³-hybridized carbons (Fsp3) is 0.493. The molecule has 0 bridgehead atoms. The van der Waals surface area contributed by atoms with Crippen molar-refractivity contribution in [2.45, 2.75) is 199 Å². The molecule has 114 heavy (non-hydrogen) atoms. The number of nitrogens with two attached hydrogens (primary N) is 1. The van der Waals surface area contributed by atoms with Gasteiger partial charge < -0.3 is 103 Å². The number of nitrogen functional groups attached to an aromatic ring is 1. The summed E-state index contributed by atoms with van der Waals surface area (Å²) < 4.78 is 5.03. The number of hydrogen-bond acceptors (Lipinski definition) is 28. The summed E-state index contributed by atoms with van der Waals surface area (Å²) in [5, 5.41) is 70.5. The van der Waals surface area contributed by atoms with Crippen molar-refractivity contribution >= 4 is 151 Å². The maximum atomic E-state index is 14.4. The number of carbonyl (C=O) groups is 18. The number of aliphatic carboxylic acids is 4. The molecule has 0 fully saturated rings. The lowest BCUT2D eigenvalue weighted by atomic mass is 9.91. The summed E-state index contributed by atoms with van der Waals surface area (Å²) >= 11 is 0. The van der Waals surface area contributed by atoms with Crippen LogP contribution in [0, 0.1) is 11.8 Å². The Labute approximate surface area is 659 Å². The van der Waals surface area contributed by atoms with Crippen LogP contribution in [0.4, 0.5) is 16.4 Å². The molecule has 0 spiro atoms. The molecule has 0 radical (unpaired) electrons. The van der Waals surface area contributed by atoms with Gasteiger partial charge in [-0.3, -0.25) is 67.9 Å². The molecule has 2 heterocycles. The van der Waals surface area contributed by atoms with Crippen molar-refractivity contribution in [2.24, 2.45) is 11.8 Å². The van der Waals surface area contributed by atoms with Crippen LogP contribution in [-0.4, -0.2) is 212 Å². The lowest BCUT2D eigenvalue weighted by Gasteiger charge is -2.27. The highest BCUT2D eigenvalue weighted by molar-refractivity contribution is 8.76. The number of aromatic nitrogens is 4. The highest BCUT2D eigenvalue weighted by atomic mass is 33.1. The second kappa shape index (κ2) is 47.9. The number of carbonyl (C=O) groups excluding carboxylic acids is 14. The number of nitrogens with zero attached hydrogens (tertiary/aromatic N) is 3. The molecule has 620 valence electrons. The lowest BCUT2D eigenvalue weighted by Crippen LogP contribution is -2.60. The van der Waals surface area contributed by atoms with Gasteiger partial charge in [-0.05, 0) is 133 Å². The first-order valence-corrected chi connectivity index (χ1v) is 38.2. The van der Waals surface area contributed by atoms with Crippen molar-refractivity contribution in [3.8, 4) is 5.75 Å². The average Bonchev–Trinajstić information content (AvgIpc) is 0.808. The van der Waals surface area contributed by atoms with Crippen molar-refractivity contribution in [3.05, 3.63) is 81.9 Å². The Morgan fingerprint density at radius 1 is 0.500 bits per heavy atom. The van der Waals surface area contributed by atoms with Gasteiger partial charge in [0.15, 0.2) is 11.2 Å². The van der Waals surface area contributed by atoms with E-state index < -0.39 is 261 Å². The summed E-state index contributed by atoms with van der Waals surface area (Å²) in [6.07, 6.45) is -6.66. The van der Waals surface area contributed by atoms with Crippen molar-refractivity contribution in [3.63, 3.8) is 0 Å². The van der Waals surface area contributed by atoms with Gasteiger partial charge in [-0.15, -0.1) is 0 Å². The van der Waals surface area contributed by atoms with E-state index in [0.717, 1.165) is 54.8 Å². The van der Waals surface area contributed by atoms with Crippen LogP contribution in [0.2, 0.25) is 0 Å². The van der Waals surface area contributed by atoms with E-state index in [4.69, 9.17) is 10.5 Å². The number of benzene rings is 2. The minimum atomic E-state index is -1.91. The molecule has 0 unspecified atom stereocenters. The van der Waals surface area contributed by atoms with Crippen molar-refractivity contribution in [1.29, 1.82) is 0 Å². The zero-order valence-corrected chi connectivity index (χ0v) is 64.7. The first-order valence-electron chi connectivity index (χ1n) is 35.7. The number of phenolic OH excluding ortho intramolecular Hbond substituents is 1. The lowest BCUT2D eigenvalue weighted by molar-refractivity contribution is -0.142. The Morgan fingerprint density at radius 2 is 0.930 bits per heavy atom. The highest BCUT2D eigenvalue weighted by Crippen LogP contribution is 2.24. The van der Waals surface area contributed by atoms with Gasteiger partial charge in [-0.2, -0.15) is 4.98 Å². The number of fused-ring (bicyclic) bond motifs is 1. The first-order chi connectivity index (χ1) is 53.8. The number of aromatic amines is 1. The molecule has 10 atom stereocenters. The Kier molecular flexibility index (Phi) is 39.6. The highest BCUT2D eigenvalue weighted by Gasteiger charge is 2.36. The van der Waals surface area contributed by atoms with Crippen LogP contribution < -0.4 is 70.0 Å². The van der Waals surface area contributed by atoms with E-state index in [-0.39, 0.29) is 47.3 Å². The molecular formula is C71H94N16O25S2. The van der Waals surface area contributed by atoms with Crippen LogP contribution in [0.25, 0.3) is 11.2 Å². The third-order valence-corrected chi connectivity index (χ3v) is 18.9. The summed E-state index contributed by atoms with van der Waals surface area (Å²) in [5.41, 5.74) is 11.1. The van der Waals surface area contributed by atoms with E-state index in [1.54, 1.807) is 31.2 Å². The summed E-state index contributed by atoms with van der Waals surface area (Å²) in [6, 6.07) is -2.04. The van der Waals surface area contributed by atoms with E-state index in [0.29, 0.717) is 24.2 Å². The minimum Gasteiger partial charge on any atom is -0.508 e. The van der Waals surface area contributed by atoms with Gasteiger partial charge in [0.05, 0.1) is 18.4 Å². The normalized spacial score (nSPS) is 13.6. The molecule has 0 aliphatic heterocycles. The number of hydrogen-bond donors (Lipinski definition) is 18. The Hall–Kier alpha value is -12.2. The maximum absolute atomic E-state index is 14.4. The number of nitrogens with one attached hydrogen (secondary N) is 12. The second-order valence-corrected chi connectivity index (χ2v) is 29.1. The summed E-state index contributed by atoms with van der Waals surface area (Å²) in [6.45, 7) is 8.17. The van der Waals surface area contributed by atoms with Crippen molar-refractivity contribution < 1.29 is 117 Å². The fourth-order valence-electron chi connectivity index (χ4n) is 10.7. The van der Waals surface area contributed by atoms with Gasteiger partial charge >= 0.3 is 30.0 Å². The van der Waals surface area contributed by atoms with Gasteiger partial charge in [-0.1, -0.05) is 47.6 Å². The molecule has 0 aliphatic carbocycles. The summed E-state index contributed by atoms with van der Waals surface area (Å²) in [5.74, 6) is -19.4. The molecule has 0 saturated carbocycles. The zero-order chi connectivity index (χ0) is 84.9. The number of anilines is 2. The summed E-state index contributed by atoms with van der Waals surface area (Å²) in [7, 11) is 1.63. The van der Waals surface area contributed by atoms with Crippen LogP contribution >= 0.6 is 21.6 Å². The number of amides is 10. The molecule has 10 amide bonds. The molecule has 2 aromatic heterocycles. The zero-order valence-electron chi connectivity index (χ0n) is 63.0. The quantitative estimate of drug-likeness (QED) is 0.0122. The van der Waals surface area contributed by atoms with Crippen LogP contribution in [0.5, 0.6) is 5.75 Å². The summed E-state index contributed by atoms with van der Waals surface area (Å²) in [4.78, 5) is 262. The fourth-order valence-corrected chi connectivity index (χ4v) is 12.4. The standard InChI is InChI=1S/C71H94N16O25S2/c1-35(30-41-11-17-45(92)18-12-41)29-36(2)59(98)86-87-71(111)112-34-114-113-33-53(69(109)110)83-66(105)49(22-10-40(6)91)79-65(104)51(25-28-56(96)97)81-63(102)48(21-9-39(5)90)77-62(101)47(20-8-38(4)89)78-64(103)50(24-27-55(94)95)80-61(100)46(19-7-37(3)88)76-54(93)26-23-52(68(107)108)82-60(99)42-13-15-43(16-14-42)73-31-44-32-74-58-57(75-44)67(106)85-70(72)84-58/h11-18,32,35-36,46-53,73,92H,7-10,19-31,33-34H2,1-6H3,(H,76,93)(H,77,101)(H,78,103)(H,79,104)(H,80,100)(H,81,102)(H,82,99)(H,83,105)(H,86,98)(H,87,111)(H,94,95)(H,96,97)(H,107,108)(H,109,110)(H3,72,74,84,85,106)/t35-,36+,46+,47+,48+,49+,50+,51+,52+,53+/m1/s1. The molecule has 43 heteroatoms. The number of hydrazine groups is 1. The number of phenols is 1. The number of carboxylic acid groups (broad SMARTS) is 4. The third-order valence-electron chi connectivity index (χ3n) is 16.8. The number of ether oxygens (including phenoxy) is 1. The third kappa shape index (κ3) is 35.5. The Balaban J connectivity index is 1.43. The van der Waals surface area contributed by atoms with Crippen LogP contribution in [-0.2, 0) is 94.4 Å². The van der Waals surface area contributed by atoms with Crippen LogP contribution in [0.1, 0.15) is 159 Å². The Morgan fingerprint density at radius 3 is 1.37 bits per heavy atom. The number of rotatable bonds is 51. The number of carboxylic acids is 4. The van der Waals surface area contributed by atoms with Gasteiger partial charge in [0.2, 0.25) is 53.2 Å².